The van der Waals surface area contributed by atoms with Crippen LogP contribution in [0.15, 0.2) is 65.8 Å². The van der Waals surface area contributed by atoms with E-state index in [4.69, 9.17) is 5.73 Å². The normalized spacial score (nSPS) is 11.4. The summed E-state index contributed by atoms with van der Waals surface area (Å²) in [4.78, 5) is 4.16. The molecule has 3 rings (SSSR count). The number of nitrogen functional groups attached to an aromatic ring is 1. The molecule has 2 aromatic carbocycles. The van der Waals surface area contributed by atoms with E-state index < -0.39 is 10.0 Å². The summed E-state index contributed by atoms with van der Waals surface area (Å²) in [6.07, 6.45) is 1.19. The second-order valence-electron chi connectivity index (χ2n) is 4.38. The third-order valence-corrected chi connectivity index (χ3v) is 4.46. The Kier molecular flexibility index (Phi) is 3.19. The average molecular weight is 300 g/mol. The molecule has 2 N–H and O–H groups in total. The van der Waals surface area contributed by atoms with Crippen molar-refractivity contribution in [2.24, 2.45) is 0 Å². The standard InChI is InChI=1S/C14H12N4O2S/c15-12-6-8-13(9-7-12)21(19,20)18-10-16-14(17-18)11-4-2-1-3-5-11/h1-10H,15H2. The number of hydrogen-bond acceptors (Lipinski definition) is 5. The lowest BCUT2D eigenvalue weighted by Crippen LogP contribution is -2.13. The van der Waals surface area contributed by atoms with Crippen molar-refractivity contribution in [2.75, 3.05) is 5.73 Å². The number of aromatic nitrogens is 3. The van der Waals surface area contributed by atoms with Gasteiger partial charge in [0, 0.05) is 11.3 Å². The van der Waals surface area contributed by atoms with Gasteiger partial charge < -0.3 is 5.73 Å². The molecule has 106 valence electrons. The Morgan fingerprint density at radius 2 is 1.62 bits per heavy atom. The Labute approximate surface area is 121 Å². The zero-order chi connectivity index (χ0) is 14.9. The van der Waals surface area contributed by atoms with Crippen LogP contribution in [-0.2, 0) is 10.0 Å². The minimum absolute atomic E-state index is 0.112. The van der Waals surface area contributed by atoms with Crippen LogP contribution in [0.5, 0.6) is 0 Å². The fourth-order valence-corrected chi connectivity index (χ4v) is 2.88. The molecule has 21 heavy (non-hydrogen) atoms. The molecule has 0 aliphatic carbocycles. The Balaban J connectivity index is 2.01. The predicted octanol–water partition coefficient (Wildman–Crippen LogP) is 1.76. The van der Waals surface area contributed by atoms with Crippen LogP contribution in [-0.4, -0.2) is 22.6 Å². The first kappa shape index (κ1) is 13.3. The number of nitrogens with zero attached hydrogens (tertiary/aromatic N) is 3. The average Bonchev–Trinajstić information content (AvgIpc) is 2.99. The topological polar surface area (TPSA) is 90.9 Å². The molecule has 0 aliphatic rings. The summed E-state index contributed by atoms with van der Waals surface area (Å²) in [5, 5.41) is 4.04. The van der Waals surface area contributed by atoms with E-state index in [0.29, 0.717) is 11.5 Å². The Hall–Kier alpha value is -2.67. The van der Waals surface area contributed by atoms with Gasteiger partial charge in [0.25, 0.3) is 10.0 Å². The van der Waals surface area contributed by atoms with Crippen molar-refractivity contribution in [3.63, 3.8) is 0 Å². The third-order valence-electron chi connectivity index (χ3n) is 2.93. The fraction of sp³-hybridized carbons (Fsp3) is 0. The van der Waals surface area contributed by atoms with Crippen LogP contribution in [0.3, 0.4) is 0 Å². The van der Waals surface area contributed by atoms with Gasteiger partial charge in [-0.15, -0.1) is 9.19 Å². The maximum absolute atomic E-state index is 12.4. The molecule has 0 fully saturated rings. The largest absolute Gasteiger partial charge is 0.399 e. The first-order chi connectivity index (χ1) is 10.1. The van der Waals surface area contributed by atoms with Gasteiger partial charge in [-0.05, 0) is 24.3 Å². The van der Waals surface area contributed by atoms with Crippen LogP contribution in [0, 0.1) is 0 Å². The van der Waals surface area contributed by atoms with Crippen LogP contribution in [0.1, 0.15) is 0 Å². The number of rotatable bonds is 3. The molecule has 0 spiro atoms. The lowest BCUT2D eigenvalue weighted by Gasteiger charge is -2.03. The number of anilines is 1. The van der Waals surface area contributed by atoms with Crippen LogP contribution in [0.25, 0.3) is 11.4 Å². The summed E-state index contributed by atoms with van der Waals surface area (Å²) in [7, 11) is -3.76. The fourth-order valence-electron chi connectivity index (χ4n) is 1.83. The molecule has 0 amide bonds. The highest BCUT2D eigenvalue weighted by molar-refractivity contribution is 7.89. The molecule has 7 heteroatoms. The third kappa shape index (κ3) is 2.50. The van der Waals surface area contributed by atoms with Gasteiger partial charge in [-0.3, -0.25) is 0 Å². The van der Waals surface area contributed by atoms with Crippen molar-refractivity contribution in [1.82, 2.24) is 14.2 Å². The summed E-state index contributed by atoms with van der Waals surface area (Å²) in [5.41, 5.74) is 6.81. The number of benzene rings is 2. The molecule has 0 atom stereocenters. The molecule has 0 saturated carbocycles. The molecule has 3 aromatic rings. The van der Waals surface area contributed by atoms with E-state index in [-0.39, 0.29) is 4.90 Å². The highest BCUT2D eigenvalue weighted by Crippen LogP contribution is 2.17. The van der Waals surface area contributed by atoms with Gasteiger partial charge in [-0.25, -0.2) is 4.98 Å². The zero-order valence-corrected chi connectivity index (χ0v) is 11.7. The smallest absolute Gasteiger partial charge is 0.284 e. The van der Waals surface area contributed by atoms with Crippen molar-refractivity contribution in [3.05, 3.63) is 60.9 Å². The van der Waals surface area contributed by atoms with E-state index in [0.717, 1.165) is 9.65 Å². The van der Waals surface area contributed by atoms with Gasteiger partial charge in [0.05, 0.1) is 4.90 Å². The molecule has 6 nitrogen and oxygen atoms in total. The summed E-state index contributed by atoms with van der Waals surface area (Å²) in [6, 6.07) is 15.1. The molecule has 0 unspecified atom stereocenters. The van der Waals surface area contributed by atoms with E-state index in [9.17, 15) is 8.42 Å². The number of nitrogens with two attached hydrogens (primary N) is 1. The molecule has 1 aromatic heterocycles. The maximum Gasteiger partial charge on any atom is 0.284 e. The Morgan fingerprint density at radius 3 is 2.29 bits per heavy atom. The quantitative estimate of drug-likeness (QED) is 0.744. The first-order valence-electron chi connectivity index (χ1n) is 6.15. The molecule has 0 radical (unpaired) electrons. The van der Waals surface area contributed by atoms with Crippen molar-refractivity contribution in [2.45, 2.75) is 4.90 Å². The van der Waals surface area contributed by atoms with Crippen molar-refractivity contribution >= 4 is 15.7 Å². The van der Waals surface area contributed by atoms with Gasteiger partial charge in [0.2, 0.25) is 0 Å². The Morgan fingerprint density at radius 1 is 0.952 bits per heavy atom. The number of hydrogen-bond donors (Lipinski definition) is 1. The van der Waals surface area contributed by atoms with Gasteiger partial charge in [-0.2, -0.15) is 8.42 Å². The monoisotopic (exact) mass is 300 g/mol. The minimum atomic E-state index is -3.76. The van der Waals surface area contributed by atoms with Gasteiger partial charge >= 0.3 is 0 Å². The predicted molar refractivity (Wildman–Crippen MR) is 78.9 cm³/mol. The molecule has 1 heterocycles. The summed E-state index contributed by atoms with van der Waals surface area (Å²) in [5.74, 6) is 0.356. The molecule has 0 saturated heterocycles. The molecular formula is C14H12N4O2S. The maximum atomic E-state index is 12.4. The molecule has 0 bridgehead atoms. The van der Waals surface area contributed by atoms with Crippen molar-refractivity contribution in [3.8, 4) is 11.4 Å². The van der Waals surface area contributed by atoms with Gasteiger partial charge in [0.1, 0.15) is 6.33 Å². The van der Waals surface area contributed by atoms with Crippen LogP contribution in [0.2, 0.25) is 0 Å². The van der Waals surface area contributed by atoms with Gasteiger partial charge in [0.15, 0.2) is 5.82 Å². The SMILES string of the molecule is Nc1ccc(S(=O)(=O)n2cnc(-c3ccccc3)n2)cc1. The zero-order valence-electron chi connectivity index (χ0n) is 10.9. The van der Waals surface area contributed by atoms with Crippen molar-refractivity contribution in [1.29, 1.82) is 0 Å². The lowest BCUT2D eigenvalue weighted by molar-refractivity contribution is 0.580. The summed E-state index contributed by atoms with van der Waals surface area (Å²) >= 11 is 0. The highest BCUT2D eigenvalue weighted by atomic mass is 32.2. The molecule has 0 aliphatic heterocycles. The van der Waals surface area contributed by atoms with Crippen LogP contribution in [0.4, 0.5) is 5.69 Å². The van der Waals surface area contributed by atoms with E-state index in [1.165, 1.54) is 30.6 Å². The lowest BCUT2D eigenvalue weighted by atomic mass is 10.2. The second kappa shape index (κ2) is 5.02. The first-order valence-corrected chi connectivity index (χ1v) is 7.59. The van der Waals surface area contributed by atoms with E-state index in [1.807, 2.05) is 30.3 Å². The minimum Gasteiger partial charge on any atom is -0.399 e. The Bertz CT molecular complexity index is 856. The summed E-state index contributed by atoms with van der Waals surface area (Å²) < 4.78 is 25.7. The van der Waals surface area contributed by atoms with E-state index in [1.54, 1.807) is 0 Å². The summed E-state index contributed by atoms with van der Waals surface area (Å²) in [6.45, 7) is 0. The highest BCUT2D eigenvalue weighted by Gasteiger charge is 2.19. The van der Waals surface area contributed by atoms with Crippen LogP contribution >= 0.6 is 0 Å². The second-order valence-corrected chi connectivity index (χ2v) is 6.18. The van der Waals surface area contributed by atoms with Crippen molar-refractivity contribution < 1.29 is 8.42 Å². The van der Waals surface area contributed by atoms with E-state index in [2.05, 4.69) is 10.1 Å². The van der Waals surface area contributed by atoms with Crippen LogP contribution < -0.4 is 5.73 Å². The molecular weight excluding hydrogens is 288 g/mol. The van der Waals surface area contributed by atoms with Gasteiger partial charge in [-0.1, -0.05) is 30.3 Å². The van der Waals surface area contributed by atoms with E-state index >= 15 is 0 Å².